The van der Waals surface area contributed by atoms with Crippen LogP contribution in [0.3, 0.4) is 0 Å². The van der Waals surface area contributed by atoms with E-state index in [1.54, 1.807) is 5.06 Å². The second-order valence-electron chi connectivity index (χ2n) is 2.93. The Balaban J connectivity index is 2.98. The highest BCUT2D eigenvalue weighted by molar-refractivity contribution is 5.69. The van der Waals surface area contributed by atoms with Gasteiger partial charge in [-0.25, -0.2) is 0 Å². The van der Waals surface area contributed by atoms with Crippen LogP contribution in [0.15, 0.2) is 18.2 Å². The second-order valence-corrected chi connectivity index (χ2v) is 2.93. The van der Waals surface area contributed by atoms with Gasteiger partial charge >= 0.3 is 0 Å². The minimum atomic E-state index is 0.643. The molecular formula is C10H16N2O. The first-order chi connectivity index (χ1) is 6.16. The van der Waals surface area contributed by atoms with Crippen molar-refractivity contribution in [2.24, 2.45) is 0 Å². The van der Waals surface area contributed by atoms with E-state index in [9.17, 15) is 0 Å². The summed E-state index contributed by atoms with van der Waals surface area (Å²) in [6.07, 6.45) is 0. The van der Waals surface area contributed by atoms with Gasteiger partial charge < -0.3 is 5.73 Å². The number of hydrogen-bond acceptors (Lipinski definition) is 3. The van der Waals surface area contributed by atoms with Crippen LogP contribution in [0.5, 0.6) is 0 Å². The van der Waals surface area contributed by atoms with Gasteiger partial charge in [-0.15, -0.1) is 0 Å². The Bertz CT molecular complexity index is 266. The zero-order chi connectivity index (χ0) is 9.84. The number of nitrogen functional groups attached to an aromatic ring is 1. The van der Waals surface area contributed by atoms with Gasteiger partial charge in [-0.05, 0) is 25.5 Å². The van der Waals surface area contributed by atoms with E-state index in [0.29, 0.717) is 6.61 Å². The molecule has 0 aromatic heterocycles. The molecule has 1 aromatic rings. The van der Waals surface area contributed by atoms with Gasteiger partial charge in [0.1, 0.15) is 0 Å². The van der Waals surface area contributed by atoms with Crippen molar-refractivity contribution in [1.82, 2.24) is 0 Å². The Morgan fingerprint density at radius 1 is 1.46 bits per heavy atom. The molecule has 0 saturated carbocycles. The lowest BCUT2D eigenvalue weighted by Crippen LogP contribution is -2.19. The van der Waals surface area contributed by atoms with Gasteiger partial charge in [0.25, 0.3) is 0 Å². The topological polar surface area (TPSA) is 38.5 Å². The highest BCUT2D eigenvalue weighted by Gasteiger charge is 2.07. The number of nitrogens with two attached hydrogens (primary N) is 1. The van der Waals surface area contributed by atoms with E-state index in [1.165, 1.54) is 0 Å². The zero-order valence-corrected chi connectivity index (χ0v) is 8.37. The largest absolute Gasteiger partial charge is 0.397 e. The van der Waals surface area contributed by atoms with Crippen LogP contribution in [0, 0.1) is 6.92 Å². The molecule has 0 saturated heterocycles. The van der Waals surface area contributed by atoms with Crippen molar-refractivity contribution in [2.45, 2.75) is 13.8 Å². The minimum Gasteiger partial charge on any atom is -0.397 e. The van der Waals surface area contributed by atoms with Gasteiger partial charge in [-0.1, -0.05) is 12.1 Å². The number of benzene rings is 1. The quantitative estimate of drug-likeness (QED) is 0.571. The van der Waals surface area contributed by atoms with Gasteiger partial charge in [-0.3, -0.25) is 9.90 Å². The van der Waals surface area contributed by atoms with Gasteiger partial charge in [0, 0.05) is 7.05 Å². The van der Waals surface area contributed by atoms with Crippen LogP contribution in [0.2, 0.25) is 0 Å². The zero-order valence-electron chi connectivity index (χ0n) is 8.37. The summed E-state index contributed by atoms with van der Waals surface area (Å²) >= 11 is 0. The molecule has 0 atom stereocenters. The van der Waals surface area contributed by atoms with Crippen LogP contribution in [0.25, 0.3) is 0 Å². The summed E-state index contributed by atoms with van der Waals surface area (Å²) in [4.78, 5) is 5.34. The number of nitrogens with zero attached hydrogens (tertiary/aromatic N) is 1. The summed E-state index contributed by atoms with van der Waals surface area (Å²) < 4.78 is 0. The van der Waals surface area contributed by atoms with Gasteiger partial charge in [0.2, 0.25) is 0 Å². The third-order valence-corrected chi connectivity index (χ3v) is 1.91. The minimum absolute atomic E-state index is 0.643. The summed E-state index contributed by atoms with van der Waals surface area (Å²) in [6.45, 7) is 4.61. The fraction of sp³-hybridized carbons (Fsp3) is 0.400. The maximum Gasteiger partial charge on any atom is 0.0891 e. The Morgan fingerprint density at radius 2 is 2.15 bits per heavy atom. The van der Waals surface area contributed by atoms with Crippen molar-refractivity contribution in [1.29, 1.82) is 0 Å². The van der Waals surface area contributed by atoms with E-state index in [0.717, 1.165) is 16.9 Å². The smallest absolute Gasteiger partial charge is 0.0891 e. The van der Waals surface area contributed by atoms with Crippen molar-refractivity contribution >= 4 is 11.4 Å². The molecule has 0 bridgehead atoms. The first kappa shape index (κ1) is 9.86. The fourth-order valence-corrected chi connectivity index (χ4v) is 1.37. The van der Waals surface area contributed by atoms with Crippen LogP contribution in [0.1, 0.15) is 12.5 Å². The Labute approximate surface area is 79.1 Å². The number of hydroxylamine groups is 1. The van der Waals surface area contributed by atoms with Crippen molar-refractivity contribution in [3.63, 3.8) is 0 Å². The summed E-state index contributed by atoms with van der Waals surface area (Å²) in [6, 6.07) is 5.83. The summed E-state index contributed by atoms with van der Waals surface area (Å²) in [5, 5.41) is 1.71. The summed E-state index contributed by atoms with van der Waals surface area (Å²) in [5.74, 6) is 0. The molecule has 3 nitrogen and oxygen atoms in total. The molecule has 3 heteroatoms. The average molecular weight is 180 g/mol. The Hall–Kier alpha value is -1.22. The van der Waals surface area contributed by atoms with Crippen molar-refractivity contribution in [2.75, 3.05) is 24.5 Å². The highest BCUT2D eigenvalue weighted by atomic mass is 16.7. The molecule has 0 unspecified atom stereocenters. The molecule has 72 valence electrons. The SMILES string of the molecule is CCON(C)c1c(C)cccc1N. The van der Waals surface area contributed by atoms with Crippen LogP contribution < -0.4 is 10.8 Å². The van der Waals surface area contributed by atoms with E-state index in [2.05, 4.69) is 0 Å². The highest BCUT2D eigenvalue weighted by Crippen LogP contribution is 2.26. The predicted molar refractivity (Wildman–Crippen MR) is 55.6 cm³/mol. The summed E-state index contributed by atoms with van der Waals surface area (Å²) in [7, 11) is 1.86. The summed E-state index contributed by atoms with van der Waals surface area (Å²) in [5.41, 5.74) is 8.65. The lowest BCUT2D eigenvalue weighted by molar-refractivity contribution is 0.135. The molecule has 0 heterocycles. The van der Waals surface area contributed by atoms with E-state index in [-0.39, 0.29) is 0 Å². The van der Waals surface area contributed by atoms with Crippen molar-refractivity contribution in [3.8, 4) is 0 Å². The molecule has 0 fully saturated rings. The Morgan fingerprint density at radius 3 is 2.69 bits per heavy atom. The van der Waals surface area contributed by atoms with Crippen LogP contribution in [-0.4, -0.2) is 13.7 Å². The standard InChI is InChI=1S/C10H16N2O/c1-4-13-12(3)10-8(2)6-5-7-9(10)11/h5-7H,4,11H2,1-3H3. The van der Waals surface area contributed by atoms with Crippen LogP contribution >= 0.6 is 0 Å². The molecule has 13 heavy (non-hydrogen) atoms. The maximum absolute atomic E-state index is 5.83. The molecule has 0 aliphatic carbocycles. The molecule has 0 aliphatic heterocycles. The van der Waals surface area contributed by atoms with Crippen LogP contribution in [0.4, 0.5) is 11.4 Å². The van der Waals surface area contributed by atoms with E-state index in [4.69, 9.17) is 10.6 Å². The monoisotopic (exact) mass is 180 g/mol. The first-order valence-electron chi connectivity index (χ1n) is 4.38. The molecule has 2 N–H and O–H groups in total. The molecule has 1 aromatic carbocycles. The molecule has 0 amide bonds. The fourth-order valence-electron chi connectivity index (χ4n) is 1.37. The number of aryl methyl sites for hydroxylation is 1. The van der Waals surface area contributed by atoms with E-state index < -0.39 is 0 Å². The van der Waals surface area contributed by atoms with Crippen molar-refractivity contribution in [3.05, 3.63) is 23.8 Å². The maximum atomic E-state index is 5.83. The second kappa shape index (κ2) is 4.14. The molecule has 0 radical (unpaired) electrons. The predicted octanol–water partition coefficient (Wildman–Crippen LogP) is 1.96. The van der Waals surface area contributed by atoms with E-state index in [1.807, 2.05) is 39.1 Å². The van der Waals surface area contributed by atoms with Crippen LogP contribution in [-0.2, 0) is 4.84 Å². The third kappa shape index (κ3) is 2.12. The molecular weight excluding hydrogens is 164 g/mol. The lowest BCUT2D eigenvalue weighted by Gasteiger charge is -2.21. The number of para-hydroxylation sites is 1. The molecule has 0 aliphatic rings. The Kier molecular flexibility index (Phi) is 3.14. The molecule has 0 spiro atoms. The lowest BCUT2D eigenvalue weighted by atomic mass is 10.2. The van der Waals surface area contributed by atoms with Gasteiger partial charge in [0.05, 0.1) is 18.0 Å². The van der Waals surface area contributed by atoms with Crippen molar-refractivity contribution < 1.29 is 4.84 Å². The van der Waals surface area contributed by atoms with Gasteiger partial charge in [-0.2, -0.15) is 0 Å². The first-order valence-corrected chi connectivity index (χ1v) is 4.38. The third-order valence-electron chi connectivity index (χ3n) is 1.91. The normalized spacial score (nSPS) is 10.1. The number of anilines is 2. The van der Waals surface area contributed by atoms with E-state index >= 15 is 0 Å². The van der Waals surface area contributed by atoms with Gasteiger partial charge in [0.15, 0.2) is 0 Å². The average Bonchev–Trinajstić information content (AvgIpc) is 2.04. The number of hydrogen-bond donors (Lipinski definition) is 1. The molecule has 1 rings (SSSR count). The number of rotatable bonds is 3.